The molecule has 0 bridgehead atoms. The van der Waals surface area contributed by atoms with Crippen LogP contribution >= 0.6 is 0 Å². The van der Waals surface area contributed by atoms with E-state index < -0.39 is 5.97 Å². The number of rotatable bonds is 5. The first-order valence-electron chi connectivity index (χ1n) is 4.50. The zero-order valence-corrected chi connectivity index (χ0v) is 8.50. The maximum absolute atomic E-state index is 10.3. The van der Waals surface area contributed by atoms with Gasteiger partial charge in [0.2, 0.25) is 0 Å². The Morgan fingerprint density at radius 2 is 1.85 bits per heavy atom. The molecule has 0 aliphatic rings. The van der Waals surface area contributed by atoms with Crippen molar-refractivity contribution in [1.29, 1.82) is 0 Å². The minimum absolute atomic E-state index is 0.124. The standard InChI is InChI=1S/C10H18O3/c1-7(2)9(11)5-4-8(3)6-10(12)13/h8,11H,4-6H2,1-3H3,(H,12,13). The predicted molar refractivity (Wildman–Crippen MR) is 51.7 cm³/mol. The normalized spacial score (nSPS) is 12.2. The first-order chi connectivity index (χ1) is 5.93. The SMILES string of the molecule is CC(C)=C(O)CCC(C)CC(=O)O. The summed E-state index contributed by atoms with van der Waals surface area (Å²) < 4.78 is 0. The Balaban J connectivity index is 3.77. The lowest BCUT2D eigenvalue weighted by Gasteiger charge is -2.08. The highest BCUT2D eigenvalue weighted by molar-refractivity contribution is 5.66. The van der Waals surface area contributed by atoms with E-state index in [2.05, 4.69) is 0 Å². The molecule has 3 nitrogen and oxygen atoms in total. The van der Waals surface area contributed by atoms with Gasteiger partial charge < -0.3 is 10.2 Å². The molecule has 0 radical (unpaired) electrons. The number of carboxylic acids is 1. The van der Waals surface area contributed by atoms with E-state index in [9.17, 15) is 9.90 Å². The zero-order chi connectivity index (χ0) is 10.4. The Morgan fingerprint density at radius 1 is 1.31 bits per heavy atom. The van der Waals surface area contributed by atoms with Gasteiger partial charge in [-0.3, -0.25) is 4.79 Å². The molecule has 0 rings (SSSR count). The number of hydrogen-bond donors (Lipinski definition) is 2. The summed E-state index contributed by atoms with van der Waals surface area (Å²) in [5.41, 5.74) is 0.905. The molecule has 0 saturated carbocycles. The summed E-state index contributed by atoms with van der Waals surface area (Å²) in [5.74, 6) is -0.263. The van der Waals surface area contributed by atoms with Gasteiger partial charge in [-0.2, -0.15) is 0 Å². The minimum atomic E-state index is -0.774. The van der Waals surface area contributed by atoms with Gasteiger partial charge >= 0.3 is 5.97 Å². The quantitative estimate of drug-likeness (QED) is 0.649. The first kappa shape index (κ1) is 12.0. The van der Waals surface area contributed by atoms with E-state index in [0.29, 0.717) is 12.2 Å². The number of aliphatic hydroxyl groups excluding tert-OH is 1. The molecule has 0 amide bonds. The van der Waals surface area contributed by atoms with Crippen LogP contribution in [-0.4, -0.2) is 16.2 Å². The van der Waals surface area contributed by atoms with Crippen LogP contribution in [0.15, 0.2) is 11.3 Å². The maximum atomic E-state index is 10.3. The fourth-order valence-electron chi connectivity index (χ4n) is 1.03. The van der Waals surface area contributed by atoms with Crippen molar-refractivity contribution in [3.63, 3.8) is 0 Å². The lowest BCUT2D eigenvalue weighted by Crippen LogP contribution is -2.04. The molecular weight excluding hydrogens is 168 g/mol. The van der Waals surface area contributed by atoms with Gasteiger partial charge in [-0.1, -0.05) is 6.92 Å². The molecule has 0 aliphatic heterocycles. The highest BCUT2D eigenvalue weighted by atomic mass is 16.4. The summed E-state index contributed by atoms with van der Waals surface area (Å²) in [5, 5.41) is 17.8. The van der Waals surface area contributed by atoms with Crippen molar-refractivity contribution in [2.45, 2.75) is 40.0 Å². The lowest BCUT2D eigenvalue weighted by atomic mass is 10.0. The molecule has 0 fully saturated rings. The monoisotopic (exact) mass is 186 g/mol. The predicted octanol–water partition coefficient (Wildman–Crippen LogP) is 2.73. The second-order valence-electron chi connectivity index (χ2n) is 3.69. The van der Waals surface area contributed by atoms with Crippen molar-refractivity contribution in [1.82, 2.24) is 0 Å². The number of hydrogen-bond acceptors (Lipinski definition) is 2. The van der Waals surface area contributed by atoms with E-state index in [0.717, 1.165) is 12.0 Å². The first-order valence-corrected chi connectivity index (χ1v) is 4.50. The Bertz CT molecular complexity index is 202. The van der Waals surface area contributed by atoms with Gasteiger partial charge in [-0.05, 0) is 31.8 Å². The van der Waals surface area contributed by atoms with Crippen LogP contribution in [0.3, 0.4) is 0 Å². The van der Waals surface area contributed by atoms with Gasteiger partial charge in [-0.15, -0.1) is 0 Å². The summed E-state index contributed by atoms with van der Waals surface area (Å²) in [6.45, 7) is 5.57. The van der Waals surface area contributed by atoms with Gasteiger partial charge in [0.05, 0.1) is 5.76 Å². The molecule has 13 heavy (non-hydrogen) atoms. The summed E-state index contributed by atoms with van der Waals surface area (Å²) in [4.78, 5) is 10.3. The Morgan fingerprint density at radius 3 is 2.23 bits per heavy atom. The van der Waals surface area contributed by atoms with Gasteiger partial charge in [0, 0.05) is 12.8 Å². The molecule has 76 valence electrons. The topological polar surface area (TPSA) is 57.5 Å². The highest BCUT2D eigenvalue weighted by Gasteiger charge is 2.08. The Kier molecular flexibility index (Phi) is 5.19. The smallest absolute Gasteiger partial charge is 0.303 e. The van der Waals surface area contributed by atoms with Gasteiger partial charge in [0.15, 0.2) is 0 Å². The zero-order valence-electron chi connectivity index (χ0n) is 8.50. The fraction of sp³-hybridized carbons (Fsp3) is 0.700. The summed E-state index contributed by atoms with van der Waals surface area (Å²) in [7, 11) is 0. The van der Waals surface area contributed by atoms with E-state index in [1.807, 2.05) is 20.8 Å². The molecule has 0 aromatic carbocycles. The van der Waals surface area contributed by atoms with Crippen molar-refractivity contribution in [3.05, 3.63) is 11.3 Å². The molecule has 0 aliphatic carbocycles. The molecule has 0 saturated heterocycles. The molecule has 0 heterocycles. The third kappa shape index (κ3) is 6.20. The van der Waals surface area contributed by atoms with Crippen LogP contribution in [0, 0.1) is 5.92 Å². The van der Waals surface area contributed by atoms with Crippen LogP contribution in [0.1, 0.15) is 40.0 Å². The van der Waals surface area contributed by atoms with Crippen LogP contribution < -0.4 is 0 Å². The Labute approximate surface area is 79.1 Å². The van der Waals surface area contributed by atoms with Crippen LogP contribution in [0.4, 0.5) is 0 Å². The maximum Gasteiger partial charge on any atom is 0.303 e. The molecular formula is C10H18O3. The van der Waals surface area contributed by atoms with Crippen LogP contribution in [0.5, 0.6) is 0 Å². The molecule has 0 aromatic rings. The largest absolute Gasteiger partial charge is 0.512 e. The van der Waals surface area contributed by atoms with Crippen molar-refractivity contribution < 1.29 is 15.0 Å². The molecule has 0 spiro atoms. The van der Waals surface area contributed by atoms with Crippen LogP contribution in [0.25, 0.3) is 0 Å². The van der Waals surface area contributed by atoms with Crippen molar-refractivity contribution >= 4 is 5.97 Å². The third-order valence-corrected chi connectivity index (χ3v) is 1.97. The van der Waals surface area contributed by atoms with Gasteiger partial charge in [-0.25, -0.2) is 0 Å². The lowest BCUT2D eigenvalue weighted by molar-refractivity contribution is -0.138. The van der Waals surface area contributed by atoms with E-state index in [1.165, 1.54) is 0 Å². The van der Waals surface area contributed by atoms with E-state index >= 15 is 0 Å². The summed E-state index contributed by atoms with van der Waals surface area (Å²) >= 11 is 0. The molecule has 2 N–H and O–H groups in total. The Hall–Kier alpha value is -0.990. The minimum Gasteiger partial charge on any atom is -0.512 e. The van der Waals surface area contributed by atoms with Crippen LogP contribution in [0.2, 0.25) is 0 Å². The van der Waals surface area contributed by atoms with Gasteiger partial charge in [0.25, 0.3) is 0 Å². The molecule has 1 unspecified atom stereocenters. The average molecular weight is 186 g/mol. The number of carboxylic acid groups (broad SMARTS) is 1. The van der Waals surface area contributed by atoms with E-state index in [4.69, 9.17) is 5.11 Å². The number of allylic oxidation sites excluding steroid dienone is 2. The van der Waals surface area contributed by atoms with Crippen molar-refractivity contribution in [2.75, 3.05) is 0 Å². The average Bonchev–Trinajstić information content (AvgIpc) is 1.98. The van der Waals surface area contributed by atoms with E-state index in [-0.39, 0.29) is 12.3 Å². The molecule has 1 atom stereocenters. The number of carbonyl (C=O) groups is 1. The number of aliphatic carboxylic acids is 1. The molecule has 0 aromatic heterocycles. The van der Waals surface area contributed by atoms with E-state index in [1.54, 1.807) is 0 Å². The summed E-state index contributed by atoms with van der Waals surface area (Å²) in [6.07, 6.45) is 1.48. The second kappa shape index (κ2) is 5.62. The molecule has 3 heteroatoms. The van der Waals surface area contributed by atoms with Gasteiger partial charge in [0.1, 0.15) is 0 Å². The second-order valence-corrected chi connectivity index (χ2v) is 3.69. The fourth-order valence-corrected chi connectivity index (χ4v) is 1.03. The third-order valence-electron chi connectivity index (χ3n) is 1.97. The van der Waals surface area contributed by atoms with Crippen molar-refractivity contribution in [3.8, 4) is 0 Å². The summed E-state index contributed by atoms with van der Waals surface area (Å²) in [6, 6.07) is 0. The number of aliphatic hydroxyl groups is 1. The van der Waals surface area contributed by atoms with Crippen LogP contribution in [-0.2, 0) is 4.79 Å². The highest BCUT2D eigenvalue weighted by Crippen LogP contribution is 2.15. The van der Waals surface area contributed by atoms with Crippen molar-refractivity contribution in [2.24, 2.45) is 5.92 Å².